The van der Waals surface area contributed by atoms with E-state index < -0.39 is 11.9 Å². The standard InChI is InChI=1S/C24H27NO7S/c1-28-17-13-21(30-3)18(22(14-17)31-4)10-11-33-15-16-6-7-20(29-2)19(12-16)25-23(26)8-9-24(27)32-5/h6-14H,15H2,1-5H3,(H,25,26)/b9-8-,11-10+. The SMILES string of the molecule is COC(=O)/C=C\C(=O)Nc1cc(CS/C=C/c2c(OC)cc(OC)cc2OC)ccc1OC. The number of methoxy groups -OCH3 is 5. The lowest BCUT2D eigenvalue weighted by atomic mass is 10.1. The van der Waals surface area contributed by atoms with Crippen molar-refractivity contribution < 1.29 is 33.3 Å². The molecule has 0 spiro atoms. The zero-order valence-electron chi connectivity index (χ0n) is 19.2. The van der Waals surface area contributed by atoms with Gasteiger partial charge < -0.3 is 29.0 Å². The van der Waals surface area contributed by atoms with Crippen LogP contribution in [0, 0.1) is 0 Å². The van der Waals surface area contributed by atoms with Gasteiger partial charge in [0, 0.05) is 30.0 Å². The quantitative estimate of drug-likeness (QED) is 0.382. The second kappa shape index (κ2) is 13.1. The Balaban J connectivity index is 2.11. The Kier molecular flexibility index (Phi) is 10.2. The van der Waals surface area contributed by atoms with E-state index >= 15 is 0 Å². The zero-order chi connectivity index (χ0) is 24.2. The second-order valence-electron chi connectivity index (χ2n) is 6.44. The maximum Gasteiger partial charge on any atom is 0.330 e. The summed E-state index contributed by atoms with van der Waals surface area (Å²) < 4.78 is 26.0. The number of carbonyl (C=O) groups is 2. The van der Waals surface area contributed by atoms with Gasteiger partial charge in [0.15, 0.2) is 0 Å². The predicted octanol–water partition coefficient (Wildman–Crippen LogP) is 4.29. The Morgan fingerprint density at radius 2 is 1.55 bits per heavy atom. The van der Waals surface area contributed by atoms with E-state index in [0.29, 0.717) is 34.4 Å². The number of carbonyl (C=O) groups excluding carboxylic acids is 2. The molecule has 0 radical (unpaired) electrons. The molecule has 0 saturated heterocycles. The average Bonchev–Trinajstić information content (AvgIpc) is 2.84. The van der Waals surface area contributed by atoms with E-state index in [-0.39, 0.29) is 0 Å². The van der Waals surface area contributed by atoms with Gasteiger partial charge >= 0.3 is 5.97 Å². The zero-order valence-corrected chi connectivity index (χ0v) is 20.0. The fourth-order valence-corrected chi connectivity index (χ4v) is 3.49. The first-order valence-electron chi connectivity index (χ1n) is 9.77. The summed E-state index contributed by atoms with van der Waals surface area (Å²) >= 11 is 1.56. The highest BCUT2D eigenvalue weighted by Gasteiger charge is 2.11. The molecule has 0 heterocycles. The van der Waals surface area contributed by atoms with Crippen LogP contribution in [0.15, 0.2) is 47.9 Å². The largest absolute Gasteiger partial charge is 0.496 e. The van der Waals surface area contributed by atoms with Crippen molar-refractivity contribution in [2.45, 2.75) is 5.75 Å². The Hall–Kier alpha value is -3.59. The maximum absolute atomic E-state index is 12.1. The van der Waals surface area contributed by atoms with Crippen LogP contribution in [-0.2, 0) is 20.1 Å². The van der Waals surface area contributed by atoms with E-state index in [0.717, 1.165) is 23.3 Å². The molecular formula is C24H27NO7S. The van der Waals surface area contributed by atoms with E-state index in [9.17, 15) is 9.59 Å². The van der Waals surface area contributed by atoms with Crippen LogP contribution in [0.1, 0.15) is 11.1 Å². The van der Waals surface area contributed by atoms with Gasteiger partial charge in [-0.25, -0.2) is 4.79 Å². The first kappa shape index (κ1) is 25.7. The number of anilines is 1. The number of rotatable bonds is 11. The van der Waals surface area contributed by atoms with Crippen LogP contribution in [-0.4, -0.2) is 47.4 Å². The molecule has 0 saturated carbocycles. The van der Waals surface area contributed by atoms with Gasteiger partial charge in [0.1, 0.15) is 23.0 Å². The van der Waals surface area contributed by atoms with Crippen molar-refractivity contribution in [3.63, 3.8) is 0 Å². The van der Waals surface area contributed by atoms with Crippen molar-refractivity contribution in [2.24, 2.45) is 0 Å². The van der Waals surface area contributed by atoms with Crippen LogP contribution < -0.4 is 24.3 Å². The number of esters is 1. The summed E-state index contributed by atoms with van der Waals surface area (Å²) in [4.78, 5) is 23.2. The van der Waals surface area contributed by atoms with Crippen LogP contribution in [0.3, 0.4) is 0 Å². The van der Waals surface area contributed by atoms with Crippen LogP contribution >= 0.6 is 11.8 Å². The minimum Gasteiger partial charge on any atom is -0.496 e. The van der Waals surface area contributed by atoms with Crippen molar-refractivity contribution in [1.82, 2.24) is 0 Å². The first-order valence-corrected chi connectivity index (χ1v) is 10.8. The number of hydrogen-bond donors (Lipinski definition) is 1. The van der Waals surface area contributed by atoms with Gasteiger partial charge in [-0.05, 0) is 29.2 Å². The van der Waals surface area contributed by atoms with Gasteiger partial charge in [0.2, 0.25) is 5.91 Å². The highest BCUT2D eigenvalue weighted by atomic mass is 32.2. The number of benzene rings is 2. The normalized spacial score (nSPS) is 10.8. The summed E-state index contributed by atoms with van der Waals surface area (Å²) in [6, 6.07) is 9.08. The summed E-state index contributed by atoms with van der Waals surface area (Å²) in [7, 11) is 7.52. The first-order chi connectivity index (χ1) is 15.9. The molecular weight excluding hydrogens is 446 g/mol. The van der Waals surface area contributed by atoms with Crippen LogP contribution in [0.2, 0.25) is 0 Å². The van der Waals surface area contributed by atoms with Crippen molar-refractivity contribution in [1.29, 1.82) is 0 Å². The molecule has 2 aromatic carbocycles. The lowest BCUT2D eigenvalue weighted by molar-refractivity contribution is -0.135. The van der Waals surface area contributed by atoms with E-state index in [4.69, 9.17) is 18.9 Å². The molecule has 176 valence electrons. The van der Waals surface area contributed by atoms with E-state index in [1.165, 1.54) is 14.2 Å². The van der Waals surface area contributed by atoms with Crippen molar-refractivity contribution in [3.8, 4) is 23.0 Å². The molecule has 0 bridgehead atoms. The van der Waals surface area contributed by atoms with Gasteiger partial charge in [-0.15, -0.1) is 11.8 Å². The molecule has 0 atom stereocenters. The smallest absolute Gasteiger partial charge is 0.330 e. The molecule has 8 nitrogen and oxygen atoms in total. The third kappa shape index (κ3) is 7.50. The van der Waals surface area contributed by atoms with Crippen molar-refractivity contribution in [3.05, 3.63) is 59.0 Å². The number of ether oxygens (including phenoxy) is 5. The molecule has 0 unspecified atom stereocenters. The number of nitrogens with one attached hydrogen (secondary N) is 1. The monoisotopic (exact) mass is 473 g/mol. The van der Waals surface area contributed by atoms with Crippen molar-refractivity contribution in [2.75, 3.05) is 40.9 Å². The Labute approximate surface area is 197 Å². The van der Waals surface area contributed by atoms with Crippen LogP contribution in [0.4, 0.5) is 5.69 Å². The molecule has 0 aliphatic rings. The summed E-state index contributed by atoms with van der Waals surface area (Å²) in [5, 5.41) is 4.65. The third-order valence-corrected chi connectivity index (χ3v) is 5.26. The Morgan fingerprint density at radius 3 is 2.12 bits per heavy atom. The van der Waals surface area contributed by atoms with Gasteiger partial charge in [-0.1, -0.05) is 6.07 Å². The highest BCUT2D eigenvalue weighted by molar-refractivity contribution is 8.01. The Bertz CT molecular complexity index is 1010. The molecule has 2 rings (SSSR count). The molecule has 0 aromatic heterocycles. The molecule has 0 aliphatic heterocycles. The van der Waals surface area contributed by atoms with E-state index in [2.05, 4.69) is 10.1 Å². The predicted molar refractivity (Wildman–Crippen MR) is 129 cm³/mol. The fraction of sp³-hybridized carbons (Fsp3) is 0.250. The minimum absolute atomic E-state index is 0.470. The number of hydrogen-bond acceptors (Lipinski definition) is 8. The summed E-state index contributed by atoms with van der Waals surface area (Å²) in [6.45, 7) is 0. The highest BCUT2D eigenvalue weighted by Crippen LogP contribution is 2.36. The van der Waals surface area contributed by atoms with Gasteiger partial charge in [-0.3, -0.25) is 4.79 Å². The summed E-state index contributed by atoms with van der Waals surface area (Å²) in [5.41, 5.74) is 2.26. The van der Waals surface area contributed by atoms with Gasteiger partial charge in [0.25, 0.3) is 0 Å². The number of amides is 1. The topological polar surface area (TPSA) is 92.3 Å². The van der Waals surface area contributed by atoms with E-state index in [1.54, 1.807) is 51.3 Å². The summed E-state index contributed by atoms with van der Waals surface area (Å²) in [5.74, 6) is 1.98. The fourth-order valence-electron chi connectivity index (χ4n) is 2.79. The molecule has 1 N–H and O–H groups in total. The van der Waals surface area contributed by atoms with Crippen LogP contribution in [0.5, 0.6) is 23.0 Å². The van der Waals surface area contributed by atoms with Crippen LogP contribution in [0.25, 0.3) is 6.08 Å². The third-order valence-electron chi connectivity index (χ3n) is 4.43. The molecule has 0 fully saturated rings. The lowest BCUT2D eigenvalue weighted by Gasteiger charge is -2.12. The summed E-state index contributed by atoms with van der Waals surface area (Å²) in [6.07, 6.45) is 4.06. The lowest BCUT2D eigenvalue weighted by Crippen LogP contribution is -2.10. The van der Waals surface area contributed by atoms with E-state index in [1.807, 2.05) is 23.6 Å². The molecule has 1 amide bonds. The molecule has 9 heteroatoms. The maximum atomic E-state index is 12.1. The molecule has 2 aromatic rings. The average molecular weight is 474 g/mol. The van der Waals surface area contributed by atoms with Crippen molar-refractivity contribution >= 4 is 35.4 Å². The van der Waals surface area contributed by atoms with Gasteiger partial charge in [-0.2, -0.15) is 0 Å². The Morgan fingerprint density at radius 1 is 0.879 bits per heavy atom. The number of thioether (sulfide) groups is 1. The second-order valence-corrected chi connectivity index (χ2v) is 7.33. The van der Waals surface area contributed by atoms with Gasteiger partial charge in [0.05, 0.1) is 46.8 Å². The molecule has 33 heavy (non-hydrogen) atoms. The molecule has 0 aliphatic carbocycles. The minimum atomic E-state index is -0.612.